The number of hydrogen-bond donors (Lipinski definition) is 2. The van der Waals surface area contributed by atoms with Crippen molar-refractivity contribution in [1.29, 1.82) is 0 Å². The number of ether oxygens (including phenoxy) is 1. The molecule has 22 heavy (non-hydrogen) atoms. The Bertz CT molecular complexity index is 699. The number of hydrogen-bond acceptors (Lipinski definition) is 6. The summed E-state index contributed by atoms with van der Waals surface area (Å²) in [5.74, 6) is 0.338. The van der Waals surface area contributed by atoms with Crippen LogP contribution < -0.4 is 10.1 Å². The van der Waals surface area contributed by atoms with Crippen molar-refractivity contribution in [2.24, 2.45) is 0 Å². The van der Waals surface area contributed by atoms with Crippen LogP contribution in [0.25, 0.3) is 11.4 Å². The highest BCUT2D eigenvalue weighted by atomic mass is 16.6. The van der Waals surface area contributed by atoms with E-state index in [2.05, 4.69) is 15.4 Å². The predicted molar refractivity (Wildman–Crippen MR) is 74.7 cm³/mol. The van der Waals surface area contributed by atoms with Crippen molar-refractivity contribution in [3.05, 3.63) is 34.6 Å². The molecule has 0 aliphatic carbocycles. The summed E-state index contributed by atoms with van der Waals surface area (Å²) in [4.78, 5) is 24.9. The molecule has 1 heterocycles. The van der Waals surface area contributed by atoms with Gasteiger partial charge in [0, 0.05) is 12.6 Å². The molecule has 0 saturated carbocycles. The number of carbonyl (C=O) groups is 1. The van der Waals surface area contributed by atoms with Crippen LogP contribution >= 0.6 is 0 Å². The Morgan fingerprint density at radius 1 is 1.55 bits per heavy atom. The fourth-order valence-corrected chi connectivity index (χ4v) is 1.86. The van der Waals surface area contributed by atoms with Crippen molar-refractivity contribution in [3.8, 4) is 17.1 Å². The molecule has 0 unspecified atom stereocenters. The molecule has 116 valence electrons. The fourth-order valence-electron chi connectivity index (χ4n) is 1.86. The van der Waals surface area contributed by atoms with Gasteiger partial charge in [0.25, 0.3) is 0 Å². The van der Waals surface area contributed by atoms with Gasteiger partial charge in [0.15, 0.2) is 5.82 Å². The topological polar surface area (TPSA) is 132 Å². The van der Waals surface area contributed by atoms with Crippen LogP contribution in [0.3, 0.4) is 0 Å². The van der Waals surface area contributed by atoms with Gasteiger partial charge in [0.1, 0.15) is 6.33 Å². The molecule has 0 aliphatic rings. The minimum Gasteiger partial charge on any atom is -0.490 e. The first kappa shape index (κ1) is 15.2. The van der Waals surface area contributed by atoms with E-state index in [1.165, 1.54) is 30.3 Å². The maximum atomic E-state index is 11.0. The van der Waals surface area contributed by atoms with Crippen LogP contribution in [0, 0.1) is 10.1 Å². The minimum absolute atomic E-state index is 0.0777. The van der Waals surface area contributed by atoms with Crippen molar-refractivity contribution in [2.45, 2.75) is 6.54 Å². The minimum atomic E-state index is -1.12. The molecule has 2 rings (SSSR count). The lowest BCUT2D eigenvalue weighted by molar-refractivity contribution is -0.385. The van der Waals surface area contributed by atoms with Crippen molar-refractivity contribution < 1.29 is 19.6 Å². The van der Waals surface area contributed by atoms with Crippen LogP contribution in [0.4, 0.5) is 10.5 Å². The molecule has 0 fully saturated rings. The van der Waals surface area contributed by atoms with E-state index in [9.17, 15) is 14.9 Å². The lowest BCUT2D eigenvalue weighted by Gasteiger charge is -2.05. The first-order valence-corrected chi connectivity index (χ1v) is 6.21. The molecule has 0 aliphatic heterocycles. The van der Waals surface area contributed by atoms with Crippen LogP contribution in [0.1, 0.15) is 0 Å². The Hall–Kier alpha value is -3.17. The molecule has 1 aromatic carbocycles. The summed E-state index contributed by atoms with van der Waals surface area (Å²) < 4.78 is 6.53. The van der Waals surface area contributed by atoms with Crippen molar-refractivity contribution >= 4 is 11.8 Å². The average molecular weight is 307 g/mol. The molecule has 1 amide bonds. The van der Waals surface area contributed by atoms with Gasteiger partial charge in [-0.3, -0.25) is 14.8 Å². The number of aromatic nitrogens is 3. The first-order valence-electron chi connectivity index (χ1n) is 6.21. The molecular formula is C12H13N5O5. The van der Waals surface area contributed by atoms with Gasteiger partial charge in [-0.15, -0.1) is 0 Å². The van der Waals surface area contributed by atoms with Crippen molar-refractivity contribution in [2.75, 3.05) is 13.7 Å². The third kappa shape index (κ3) is 3.29. The molecule has 1 aromatic heterocycles. The Labute approximate surface area is 124 Å². The normalized spacial score (nSPS) is 10.2. The zero-order chi connectivity index (χ0) is 16.1. The number of carboxylic acid groups (broad SMARTS) is 1. The van der Waals surface area contributed by atoms with Gasteiger partial charge < -0.3 is 15.2 Å². The third-order valence-electron chi connectivity index (χ3n) is 2.79. The number of methoxy groups -OCH3 is 1. The van der Waals surface area contributed by atoms with E-state index in [-0.39, 0.29) is 30.4 Å². The standard InChI is InChI=1S/C12H13N5O5/c1-22-10-8(3-2-4-9(10)17(20)21)11-14-7-16(15-11)6-5-13-12(18)19/h2-4,7,13H,5-6H2,1H3,(H,18,19). The van der Waals surface area contributed by atoms with Gasteiger partial charge in [-0.1, -0.05) is 6.07 Å². The van der Waals surface area contributed by atoms with Crippen LogP contribution in [0.2, 0.25) is 0 Å². The molecule has 10 heteroatoms. The maximum Gasteiger partial charge on any atom is 0.404 e. The second-order valence-electron chi connectivity index (χ2n) is 4.18. The zero-order valence-corrected chi connectivity index (χ0v) is 11.6. The summed E-state index contributed by atoms with van der Waals surface area (Å²) in [5, 5.41) is 25.8. The molecule has 10 nitrogen and oxygen atoms in total. The monoisotopic (exact) mass is 307 g/mol. The van der Waals surface area contributed by atoms with E-state index in [0.717, 1.165) is 0 Å². The van der Waals surface area contributed by atoms with E-state index in [1.54, 1.807) is 6.07 Å². The molecule has 0 spiro atoms. The average Bonchev–Trinajstić information content (AvgIpc) is 2.94. The number of rotatable bonds is 6. The second kappa shape index (κ2) is 6.52. The summed E-state index contributed by atoms with van der Waals surface area (Å²) in [7, 11) is 1.33. The number of nitro benzene ring substituents is 1. The highest BCUT2D eigenvalue weighted by Gasteiger charge is 2.21. The Balaban J connectivity index is 2.25. The summed E-state index contributed by atoms with van der Waals surface area (Å²) in [5.41, 5.74) is 0.213. The highest BCUT2D eigenvalue weighted by Crippen LogP contribution is 2.35. The molecule has 0 atom stereocenters. The number of benzene rings is 1. The number of para-hydroxylation sites is 1. The number of nitrogens with one attached hydrogen (secondary N) is 1. The zero-order valence-electron chi connectivity index (χ0n) is 11.6. The fraction of sp³-hybridized carbons (Fsp3) is 0.250. The van der Waals surface area contributed by atoms with E-state index in [4.69, 9.17) is 9.84 Å². The third-order valence-corrected chi connectivity index (χ3v) is 2.79. The van der Waals surface area contributed by atoms with Crippen LogP contribution in [0.15, 0.2) is 24.5 Å². The molecule has 0 radical (unpaired) electrons. The highest BCUT2D eigenvalue weighted by molar-refractivity contribution is 5.70. The van der Waals surface area contributed by atoms with Crippen LogP contribution in [-0.4, -0.2) is 44.5 Å². The number of amides is 1. The van der Waals surface area contributed by atoms with E-state index in [1.807, 2.05) is 0 Å². The van der Waals surface area contributed by atoms with E-state index >= 15 is 0 Å². The van der Waals surface area contributed by atoms with E-state index in [0.29, 0.717) is 5.56 Å². The summed E-state index contributed by atoms with van der Waals surface area (Å²) in [6, 6.07) is 4.46. The molecule has 0 saturated heterocycles. The second-order valence-corrected chi connectivity index (χ2v) is 4.18. The maximum absolute atomic E-state index is 11.0. The van der Waals surface area contributed by atoms with Gasteiger partial charge in [0.2, 0.25) is 5.75 Å². The SMILES string of the molecule is COc1c(-c2ncn(CCNC(=O)O)n2)cccc1[N+](=O)[O-]. The van der Waals surface area contributed by atoms with Crippen LogP contribution in [0.5, 0.6) is 5.75 Å². The summed E-state index contributed by atoms with van der Waals surface area (Å²) in [6.45, 7) is 0.459. The van der Waals surface area contributed by atoms with Gasteiger partial charge in [0.05, 0.1) is 24.1 Å². The predicted octanol–water partition coefficient (Wildman–Crippen LogP) is 1.13. The Morgan fingerprint density at radius 3 is 2.95 bits per heavy atom. The molecule has 0 bridgehead atoms. The van der Waals surface area contributed by atoms with Gasteiger partial charge >= 0.3 is 11.8 Å². The van der Waals surface area contributed by atoms with Crippen LogP contribution in [-0.2, 0) is 6.54 Å². The number of nitrogens with zero attached hydrogens (tertiary/aromatic N) is 4. The lowest BCUT2D eigenvalue weighted by Crippen LogP contribution is -2.25. The Morgan fingerprint density at radius 2 is 2.32 bits per heavy atom. The quantitative estimate of drug-likeness (QED) is 0.603. The van der Waals surface area contributed by atoms with Gasteiger partial charge in [-0.25, -0.2) is 9.78 Å². The summed E-state index contributed by atoms with van der Waals surface area (Å²) in [6.07, 6.45) is 0.289. The first-order chi connectivity index (χ1) is 10.5. The lowest BCUT2D eigenvalue weighted by atomic mass is 10.1. The molecular weight excluding hydrogens is 294 g/mol. The molecule has 2 aromatic rings. The van der Waals surface area contributed by atoms with Crippen molar-refractivity contribution in [1.82, 2.24) is 20.1 Å². The summed E-state index contributed by atoms with van der Waals surface area (Å²) >= 11 is 0. The van der Waals surface area contributed by atoms with Crippen molar-refractivity contribution in [3.63, 3.8) is 0 Å². The van der Waals surface area contributed by atoms with Gasteiger partial charge in [-0.05, 0) is 6.07 Å². The van der Waals surface area contributed by atoms with Gasteiger partial charge in [-0.2, -0.15) is 5.10 Å². The smallest absolute Gasteiger partial charge is 0.404 e. The largest absolute Gasteiger partial charge is 0.490 e. The Kier molecular flexibility index (Phi) is 4.51. The molecule has 2 N–H and O–H groups in total. The van der Waals surface area contributed by atoms with E-state index < -0.39 is 11.0 Å². The number of nitro groups is 1.